The molecule has 0 aromatic heterocycles. The van der Waals surface area contributed by atoms with E-state index in [1.807, 2.05) is 67.6 Å². The fourth-order valence-electron chi connectivity index (χ4n) is 4.53. The fourth-order valence-corrected chi connectivity index (χ4v) is 4.53. The highest BCUT2D eigenvalue weighted by molar-refractivity contribution is 5.14. The van der Waals surface area contributed by atoms with E-state index >= 15 is 0 Å². The lowest BCUT2D eigenvalue weighted by atomic mass is 9.97. The van der Waals surface area contributed by atoms with Gasteiger partial charge in [-0.1, -0.05) is 60.7 Å². The molecule has 2 heterocycles. The Balaban J connectivity index is 1.57. The predicted molar refractivity (Wildman–Crippen MR) is 129 cm³/mol. The van der Waals surface area contributed by atoms with E-state index < -0.39 is 61.4 Å². The van der Waals surface area contributed by atoms with Crippen LogP contribution in [-0.4, -0.2) is 83.8 Å². The number of benzene rings is 2. The summed E-state index contributed by atoms with van der Waals surface area (Å²) >= 11 is 0. The third-order valence-electron chi connectivity index (χ3n) is 6.63. The summed E-state index contributed by atoms with van der Waals surface area (Å²) in [6.07, 6.45) is -9.39. The van der Waals surface area contributed by atoms with Gasteiger partial charge in [-0.2, -0.15) is 0 Å². The van der Waals surface area contributed by atoms with E-state index in [9.17, 15) is 15.3 Å². The van der Waals surface area contributed by atoms with Crippen LogP contribution in [0.1, 0.15) is 25.0 Å². The first-order chi connectivity index (χ1) is 17.4. The summed E-state index contributed by atoms with van der Waals surface area (Å²) < 4.78 is 36.2. The normalized spacial score (nSPS) is 37.1. The number of aliphatic hydroxyl groups is 3. The van der Waals surface area contributed by atoms with E-state index in [1.54, 1.807) is 14.0 Å². The zero-order valence-electron chi connectivity index (χ0n) is 20.8. The molecule has 10 atom stereocenters. The van der Waals surface area contributed by atoms with Gasteiger partial charge in [0.05, 0.1) is 25.4 Å². The highest BCUT2D eigenvalue weighted by atomic mass is 16.7. The van der Waals surface area contributed by atoms with Crippen LogP contribution in [0.25, 0.3) is 0 Å². The fraction of sp³-hybridized carbons (Fsp3) is 0.556. The van der Waals surface area contributed by atoms with Crippen molar-refractivity contribution >= 4 is 0 Å². The maximum Gasteiger partial charge on any atom is 0.187 e. The molecule has 2 aliphatic rings. The number of rotatable bonds is 9. The molecular formula is C27H36O9. The van der Waals surface area contributed by atoms with Crippen molar-refractivity contribution in [3.63, 3.8) is 0 Å². The maximum absolute atomic E-state index is 10.6. The minimum absolute atomic E-state index is 0.283. The van der Waals surface area contributed by atoms with Crippen LogP contribution in [0.2, 0.25) is 0 Å². The molecule has 9 nitrogen and oxygen atoms in total. The van der Waals surface area contributed by atoms with Crippen molar-refractivity contribution in [1.82, 2.24) is 0 Å². The molecule has 198 valence electrons. The molecule has 0 unspecified atom stereocenters. The molecule has 0 aliphatic carbocycles. The van der Waals surface area contributed by atoms with Gasteiger partial charge in [-0.25, -0.2) is 0 Å². The third-order valence-corrected chi connectivity index (χ3v) is 6.63. The van der Waals surface area contributed by atoms with Gasteiger partial charge in [-0.15, -0.1) is 0 Å². The van der Waals surface area contributed by atoms with Gasteiger partial charge >= 0.3 is 0 Å². The number of hydrogen-bond acceptors (Lipinski definition) is 9. The first kappa shape index (κ1) is 27.1. The second kappa shape index (κ2) is 12.6. The van der Waals surface area contributed by atoms with Gasteiger partial charge in [0.25, 0.3) is 0 Å². The van der Waals surface area contributed by atoms with Crippen LogP contribution >= 0.6 is 0 Å². The standard InChI is InChI=1S/C27H36O9/c1-16-20(28)21(29)22(30)26(34-16)36-23-17(2)35-27(31-3)25(33-15-19-12-8-5-9-13-19)24(23)32-14-18-10-6-4-7-11-18/h4-13,16-17,20-30H,14-15H2,1-3H3/t16-,17+,20+,21+,22+,23+,24-,25-,26-,27+/m0/s1. The molecule has 0 bridgehead atoms. The van der Waals surface area contributed by atoms with Crippen molar-refractivity contribution in [2.24, 2.45) is 0 Å². The minimum Gasteiger partial charge on any atom is -0.388 e. The summed E-state index contributed by atoms with van der Waals surface area (Å²) in [5, 5.41) is 30.9. The van der Waals surface area contributed by atoms with Crippen molar-refractivity contribution in [1.29, 1.82) is 0 Å². The van der Waals surface area contributed by atoms with E-state index in [-0.39, 0.29) is 6.61 Å². The summed E-state index contributed by atoms with van der Waals surface area (Å²) in [4.78, 5) is 0. The molecule has 0 spiro atoms. The highest BCUT2D eigenvalue weighted by Gasteiger charge is 2.50. The third kappa shape index (κ3) is 6.31. The molecule has 2 aromatic carbocycles. The second-order valence-electron chi connectivity index (χ2n) is 9.25. The lowest BCUT2D eigenvalue weighted by Gasteiger charge is -2.47. The lowest BCUT2D eigenvalue weighted by molar-refractivity contribution is -0.359. The predicted octanol–water partition coefficient (Wildman–Crippen LogP) is 1.76. The summed E-state index contributed by atoms with van der Waals surface area (Å²) in [6, 6.07) is 19.4. The van der Waals surface area contributed by atoms with Crippen LogP contribution in [0.3, 0.4) is 0 Å². The Kier molecular flexibility index (Phi) is 9.46. The van der Waals surface area contributed by atoms with Gasteiger partial charge in [-0.05, 0) is 25.0 Å². The van der Waals surface area contributed by atoms with Crippen LogP contribution in [0.15, 0.2) is 60.7 Å². The molecule has 36 heavy (non-hydrogen) atoms. The molecule has 2 saturated heterocycles. The van der Waals surface area contributed by atoms with Gasteiger partial charge < -0.3 is 43.7 Å². The summed E-state index contributed by atoms with van der Waals surface area (Å²) in [5.41, 5.74) is 1.94. The number of ether oxygens (including phenoxy) is 6. The first-order valence-electron chi connectivity index (χ1n) is 12.2. The highest BCUT2D eigenvalue weighted by Crippen LogP contribution is 2.33. The molecule has 2 aliphatic heterocycles. The number of hydrogen-bond donors (Lipinski definition) is 3. The van der Waals surface area contributed by atoms with E-state index in [4.69, 9.17) is 28.4 Å². The van der Waals surface area contributed by atoms with Gasteiger partial charge in [-0.3, -0.25) is 0 Å². The quantitative estimate of drug-likeness (QED) is 0.470. The Morgan fingerprint density at radius 1 is 0.639 bits per heavy atom. The molecule has 9 heteroatoms. The molecule has 4 rings (SSSR count). The summed E-state index contributed by atoms with van der Waals surface area (Å²) in [6.45, 7) is 4.00. The van der Waals surface area contributed by atoms with Crippen molar-refractivity contribution in [2.45, 2.75) is 88.5 Å². The topological polar surface area (TPSA) is 116 Å². The molecule has 3 N–H and O–H groups in total. The van der Waals surface area contributed by atoms with Gasteiger partial charge in [0, 0.05) is 7.11 Å². The Labute approximate surface area is 211 Å². The zero-order chi connectivity index (χ0) is 25.7. The molecule has 0 radical (unpaired) electrons. The monoisotopic (exact) mass is 504 g/mol. The molecule has 2 fully saturated rings. The average molecular weight is 505 g/mol. The Morgan fingerprint density at radius 2 is 1.17 bits per heavy atom. The molecule has 0 saturated carbocycles. The Hall–Kier alpha value is -1.92. The average Bonchev–Trinajstić information content (AvgIpc) is 2.90. The van der Waals surface area contributed by atoms with Crippen molar-refractivity contribution in [2.75, 3.05) is 7.11 Å². The first-order valence-corrected chi connectivity index (χ1v) is 12.2. The van der Waals surface area contributed by atoms with E-state index in [0.29, 0.717) is 6.61 Å². The second-order valence-corrected chi connectivity index (χ2v) is 9.25. The van der Waals surface area contributed by atoms with E-state index in [1.165, 1.54) is 0 Å². The summed E-state index contributed by atoms with van der Waals surface area (Å²) in [7, 11) is 1.54. The molecular weight excluding hydrogens is 468 g/mol. The lowest BCUT2D eigenvalue weighted by Crippen LogP contribution is -2.63. The van der Waals surface area contributed by atoms with Crippen LogP contribution in [0.4, 0.5) is 0 Å². The van der Waals surface area contributed by atoms with Crippen LogP contribution in [0, 0.1) is 0 Å². The maximum atomic E-state index is 10.6. The van der Waals surface area contributed by atoms with Crippen molar-refractivity contribution in [3.8, 4) is 0 Å². The van der Waals surface area contributed by atoms with Crippen LogP contribution < -0.4 is 0 Å². The Bertz CT molecular complexity index is 914. The van der Waals surface area contributed by atoms with Crippen LogP contribution in [0.5, 0.6) is 0 Å². The SMILES string of the molecule is CO[C@@H]1O[C@H](C)[C@@H](O[C@@H]2O[C@@H](C)[C@@H](O)[C@@H](O)[C@H]2O)[C@H](OCc2ccccc2)[C@@H]1OCc1ccccc1. The molecule has 0 amide bonds. The smallest absolute Gasteiger partial charge is 0.187 e. The Morgan fingerprint density at radius 3 is 1.72 bits per heavy atom. The number of aliphatic hydroxyl groups excluding tert-OH is 3. The number of methoxy groups -OCH3 is 1. The largest absolute Gasteiger partial charge is 0.388 e. The van der Waals surface area contributed by atoms with Crippen molar-refractivity contribution < 1.29 is 43.7 Å². The van der Waals surface area contributed by atoms with Gasteiger partial charge in [0.1, 0.15) is 36.6 Å². The van der Waals surface area contributed by atoms with Crippen LogP contribution in [-0.2, 0) is 41.6 Å². The van der Waals surface area contributed by atoms with Gasteiger partial charge in [0.15, 0.2) is 12.6 Å². The summed E-state index contributed by atoms with van der Waals surface area (Å²) in [5.74, 6) is 0. The van der Waals surface area contributed by atoms with Gasteiger partial charge in [0.2, 0.25) is 0 Å². The minimum atomic E-state index is -1.46. The molecule has 2 aromatic rings. The van der Waals surface area contributed by atoms with Crippen molar-refractivity contribution in [3.05, 3.63) is 71.8 Å². The van der Waals surface area contributed by atoms with E-state index in [2.05, 4.69) is 0 Å². The van der Waals surface area contributed by atoms with E-state index in [0.717, 1.165) is 11.1 Å². The zero-order valence-corrected chi connectivity index (χ0v) is 20.8.